The minimum atomic E-state index is -3.63. The zero-order valence-corrected chi connectivity index (χ0v) is 16.7. The van der Waals surface area contributed by atoms with Gasteiger partial charge in [0, 0.05) is 11.1 Å². The van der Waals surface area contributed by atoms with E-state index in [1.54, 1.807) is 48.5 Å². The molecule has 0 amide bonds. The standard InChI is InChI=1S/C22H17F2N3O2S/c1-25-30(28,29)21-5-3-2-4-17(21)14-6-10-19-20(13-14)27-22(26-19)11-7-15-12-16(23)8-9-18(15)24/h2-13,25H,1H3,(H,26,27)/b11-7+. The Morgan fingerprint density at radius 2 is 1.80 bits per heavy atom. The van der Waals surface area contributed by atoms with Crippen LogP contribution in [0.4, 0.5) is 8.78 Å². The van der Waals surface area contributed by atoms with Crippen LogP contribution in [-0.4, -0.2) is 25.4 Å². The molecule has 2 N–H and O–H groups in total. The Kier molecular flexibility index (Phi) is 5.19. The maximum absolute atomic E-state index is 13.8. The van der Waals surface area contributed by atoms with Gasteiger partial charge in [0.25, 0.3) is 0 Å². The molecule has 0 unspecified atom stereocenters. The molecular formula is C22H17F2N3O2S. The van der Waals surface area contributed by atoms with E-state index in [2.05, 4.69) is 14.7 Å². The van der Waals surface area contributed by atoms with Gasteiger partial charge in [-0.15, -0.1) is 0 Å². The number of fused-ring (bicyclic) bond motifs is 1. The molecule has 30 heavy (non-hydrogen) atoms. The van der Waals surface area contributed by atoms with Gasteiger partial charge in [0.05, 0.1) is 15.9 Å². The second-order valence-electron chi connectivity index (χ2n) is 6.56. The first-order valence-electron chi connectivity index (χ1n) is 9.03. The summed E-state index contributed by atoms with van der Waals surface area (Å²) in [5, 5.41) is 0. The van der Waals surface area contributed by atoms with Crippen molar-refractivity contribution in [3.8, 4) is 11.1 Å². The van der Waals surface area contributed by atoms with Crippen molar-refractivity contribution in [3.05, 3.63) is 83.7 Å². The van der Waals surface area contributed by atoms with Crippen molar-refractivity contribution in [3.63, 3.8) is 0 Å². The van der Waals surface area contributed by atoms with Gasteiger partial charge in [-0.05, 0) is 61.2 Å². The number of hydrogen-bond acceptors (Lipinski definition) is 3. The summed E-state index contributed by atoms with van der Waals surface area (Å²) >= 11 is 0. The molecule has 0 aliphatic rings. The molecule has 5 nitrogen and oxygen atoms in total. The number of rotatable bonds is 5. The fourth-order valence-electron chi connectivity index (χ4n) is 3.14. The SMILES string of the molecule is CNS(=O)(=O)c1ccccc1-c1ccc2nc(/C=C/c3cc(F)ccc3F)[nH]c2c1. The highest BCUT2D eigenvalue weighted by Crippen LogP contribution is 2.29. The van der Waals surface area contributed by atoms with Crippen LogP contribution in [0.3, 0.4) is 0 Å². The van der Waals surface area contributed by atoms with Crippen molar-refractivity contribution in [2.24, 2.45) is 0 Å². The topological polar surface area (TPSA) is 74.8 Å². The third-order valence-corrected chi connectivity index (χ3v) is 6.11. The van der Waals surface area contributed by atoms with Gasteiger partial charge in [-0.1, -0.05) is 24.3 Å². The molecule has 0 fully saturated rings. The Morgan fingerprint density at radius 3 is 2.60 bits per heavy atom. The summed E-state index contributed by atoms with van der Waals surface area (Å²) in [5.74, 6) is -0.601. The molecule has 0 spiro atoms. The second-order valence-corrected chi connectivity index (χ2v) is 8.41. The van der Waals surface area contributed by atoms with Crippen LogP contribution >= 0.6 is 0 Å². The monoisotopic (exact) mass is 425 g/mol. The van der Waals surface area contributed by atoms with Crippen LogP contribution in [0.2, 0.25) is 0 Å². The number of imidazole rings is 1. The maximum Gasteiger partial charge on any atom is 0.240 e. The molecule has 0 atom stereocenters. The van der Waals surface area contributed by atoms with Crippen LogP contribution in [-0.2, 0) is 10.0 Å². The van der Waals surface area contributed by atoms with Crippen molar-refractivity contribution in [2.75, 3.05) is 7.05 Å². The van der Waals surface area contributed by atoms with Gasteiger partial charge < -0.3 is 4.98 Å². The van der Waals surface area contributed by atoms with Crippen molar-refractivity contribution in [1.82, 2.24) is 14.7 Å². The van der Waals surface area contributed by atoms with E-state index in [1.807, 2.05) is 0 Å². The lowest BCUT2D eigenvalue weighted by Crippen LogP contribution is -2.19. The zero-order valence-electron chi connectivity index (χ0n) is 15.9. The molecule has 4 rings (SSSR count). The lowest BCUT2D eigenvalue weighted by molar-refractivity contribution is 0.588. The van der Waals surface area contributed by atoms with Gasteiger partial charge in [0.2, 0.25) is 10.0 Å². The lowest BCUT2D eigenvalue weighted by Gasteiger charge is -2.09. The first-order chi connectivity index (χ1) is 14.4. The Hall–Kier alpha value is -3.36. The van der Waals surface area contributed by atoms with Crippen molar-refractivity contribution in [2.45, 2.75) is 4.90 Å². The number of benzene rings is 3. The summed E-state index contributed by atoms with van der Waals surface area (Å²) in [6.45, 7) is 0. The first kappa shape index (κ1) is 19.9. The van der Waals surface area contributed by atoms with E-state index in [1.165, 1.54) is 13.1 Å². The first-order valence-corrected chi connectivity index (χ1v) is 10.5. The number of halogens is 2. The van der Waals surface area contributed by atoms with Crippen LogP contribution in [0.15, 0.2) is 65.6 Å². The minimum Gasteiger partial charge on any atom is -0.338 e. The molecule has 1 heterocycles. The van der Waals surface area contributed by atoms with Crippen molar-refractivity contribution < 1.29 is 17.2 Å². The molecule has 1 aromatic heterocycles. The van der Waals surface area contributed by atoms with Gasteiger partial charge in [-0.2, -0.15) is 0 Å². The highest BCUT2D eigenvalue weighted by Gasteiger charge is 2.17. The summed E-state index contributed by atoms with van der Waals surface area (Å²) < 4.78 is 54.1. The molecule has 0 radical (unpaired) electrons. The Bertz CT molecular complexity index is 1380. The van der Waals surface area contributed by atoms with Crippen molar-refractivity contribution >= 4 is 33.2 Å². The van der Waals surface area contributed by atoms with Crippen LogP contribution < -0.4 is 4.72 Å². The molecule has 4 aromatic rings. The largest absolute Gasteiger partial charge is 0.338 e. The van der Waals surface area contributed by atoms with Crippen LogP contribution in [0.25, 0.3) is 34.3 Å². The lowest BCUT2D eigenvalue weighted by atomic mass is 10.1. The van der Waals surface area contributed by atoms with Gasteiger partial charge in [-0.3, -0.25) is 0 Å². The van der Waals surface area contributed by atoms with E-state index in [9.17, 15) is 17.2 Å². The normalized spacial score (nSPS) is 12.1. The number of hydrogen-bond donors (Lipinski definition) is 2. The molecule has 0 aliphatic carbocycles. The van der Waals surface area contributed by atoms with Gasteiger partial charge >= 0.3 is 0 Å². The zero-order chi connectivity index (χ0) is 21.3. The average molecular weight is 425 g/mol. The molecular weight excluding hydrogens is 408 g/mol. The van der Waals surface area contributed by atoms with Crippen LogP contribution in [0.1, 0.15) is 11.4 Å². The predicted octanol–water partition coefficient (Wildman–Crippen LogP) is 4.59. The van der Waals surface area contributed by atoms with E-state index in [0.29, 0.717) is 28.0 Å². The Balaban J connectivity index is 1.72. The minimum absolute atomic E-state index is 0.113. The third kappa shape index (κ3) is 3.87. The molecule has 0 aliphatic heterocycles. The number of aromatic nitrogens is 2. The quantitative estimate of drug-likeness (QED) is 0.491. The van der Waals surface area contributed by atoms with Gasteiger partial charge in [-0.25, -0.2) is 26.9 Å². The van der Waals surface area contributed by atoms with Gasteiger partial charge in [0.1, 0.15) is 17.5 Å². The second kappa shape index (κ2) is 7.81. The predicted molar refractivity (Wildman–Crippen MR) is 113 cm³/mol. The third-order valence-electron chi connectivity index (χ3n) is 4.64. The average Bonchev–Trinajstić information content (AvgIpc) is 3.16. The van der Waals surface area contributed by atoms with E-state index in [4.69, 9.17) is 0 Å². The van der Waals surface area contributed by atoms with Crippen molar-refractivity contribution in [1.29, 1.82) is 0 Å². The fourth-order valence-corrected chi connectivity index (χ4v) is 4.09. The summed E-state index contributed by atoms with van der Waals surface area (Å²) in [7, 11) is -2.26. The molecule has 0 saturated carbocycles. The molecule has 8 heteroatoms. The highest BCUT2D eigenvalue weighted by atomic mass is 32.2. The highest BCUT2D eigenvalue weighted by molar-refractivity contribution is 7.89. The van der Waals surface area contributed by atoms with Gasteiger partial charge in [0.15, 0.2) is 0 Å². The number of nitrogens with zero attached hydrogens (tertiary/aromatic N) is 1. The van der Waals surface area contributed by atoms with Crippen LogP contribution in [0, 0.1) is 11.6 Å². The number of H-pyrrole nitrogens is 1. The van der Waals surface area contributed by atoms with E-state index in [0.717, 1.165) is 18.2 Å². The van der Waals surface area contributed by atoms with E-state index >= 15 is 0 Å². The summed E-state index contributed by atoms with van der Waals surface area (Å²) in [6, 6.07) is 15.3. The summed E-state index contributed by atoms with van der Waals surface area (Å²) in [4.78, 5) is 7.69. The Labute approximate surface area is 172 Å². The molecule has 3 aromatic carbocycles. The number of sulfonamides is 1. The Morgan fingerprint density at radius 1 is 1.00 bits per heavy atom. The fraction of sp³-hybridized carbons (Fsp3) is 0.0455. The summed E-state index contributed by atoms with van der Waals surface area (Å²) in [6.07, 6.45) is 2.99. The maximum atomic E-state index is 13.8. The summed E-state index contributed by atoms with van der Waals surface area (Å²) in [5.41, 5.74) is 2.72. The number of nitrogens with one attached hydrogen (secondary N) is 2. The molecule has 0 saturated heterocycles. The van der Waals surface area contributed by atoms with E-state index < -0.39 is 21.7 Å². The number of aromatic amines is 1. The van der Waals surface area contributed by atoms with E-state index in [-0.39, 0.29) is 10.5 Å². The molecule has 0 bridgehead atoms. The molecule has 152 valence electrons. The smallest absolute Gasteiger partial charge is 0.240 e. The van der Waals surface area contributed by atoms with Crippen LogP contribution in [0.5, 0.6) is 0 Å².